The molecule has 1 N–H and O–H groups in total. The van der Waals surface area contributed by atoms with Gasteiger partial charge in [0.05, 0.1) is 27.1 Å². The van der Waals surface area contributed by atoms with Crippen LogP contribution in [0.25, 0.3) is 0 Å². The Bertz CT molecular complexity index is 450. The summed E-state index contributed by atoms with van der Waals surface area (Å²) in [6, 6.07) is 10.5. The maximum Gasteiger partial charge on any atom is 0.311 e. The van der Waals surface area contributed by atoms with Gasteiger partial charge in [-0.05, 0) is 24.8 Å². The summed E-state index contributed by atoms with van der Waals surface area (Å²) in [5.41, 5.74) is 1.35. The Hall–Kier alpha value is -1.00. The minimum Gasteiger partial charge on any atom is -0.461 e. The molecule has 1 saturated carbocycles. The summed E-state index contributed by atoms with van der Waals surface area (Å²) in [4.78, 5) is 13.3. The Labute approximate surface area is 138 Å². The predicted molar refractivity (Wildman–Crippen MR) is 92.2 cm³/mol. The lowest BCUT2D eigenvalue weighted by molar-refractivity contribution is -0.857. The average Bonchev–Trinajstić information content (AvgIpc) is 2.53. The van der Waals surface area contributed by atoms with Crippen molar-refractivity contribution in [1.82, 2.24) is 0 Å². The average molecular weight is 322 g/mol. The number of thioether (sulfide) groups is 1. The molecule has 3 nitrogen and oxygen atoms in total. The molecule has 0 amide bonds. The summed E-state index contributed by atoms with van der Waals surface area (Å²) in [5.74, 6) is 0.972. The third kappa shape index (κ3) is 6.01. The van der Waals surface area contributed by atoms with Crippen LogP contribution in [0.1, 0.15) is 37.7 Å². The summed E-state index contributed by atoms with van der Waals surface area (Å²) in [5, 5.41) is 0.449. The zero-order valence-corrected chi connectivity index (χ0v) is 14.5. The van der Waals surface area contributed by atoms with Gasteiger partial charge in [0.15, 0.2) is 0 Å². The van der Waals surface area contributed by atoms with Crippen molar-refractivity contribution in [3.05, 3.63) is 35.9 Å². The number of benzene rings is 1. The van der Waals surface area contributed by atoms with E-state index in [2.05, 4.69) is 38.4 Å². The number of nitrogens with one attached hydrogen (secondary N) is 1. The zero-order chi connectivity index (χ0) is 15.8. The van der Waals surface area contributed by atoms with Gasteiger partial charge in [0.25, 0.3) is 0 Å². The van der Waals surface area contributed by atoms with Gasteiger partial charge < -0.3 is 9.64 Å². The molecule has 0 spiro atoms. The van der Waals surface area contributed by atoms with E-state index in [1.165, 1.54) is 23.3 Å². The molecule has 1 aliphatic carbocycles. The predicted octanol–water partition coefficient (Wildman–Crippen LogP) is 2.31. The van der Waals surface area contributed by atoms with Crippen LogP contribution in [-0.2, 0) is 15.3 Å². The molecule has 2 atom stereocenters. The van der Waals surface area contributed by atoms with E-state index in [1.807, 2.05) is 17.8 Å². The van der Waals surface area contributed by atoms with Crippen LogP contribution in [0.4, 0.5) is 0 Å². The molecular weight excluding hydrogens is 294 g/mol. The molecule has 0 aromatic heterocycles. The molecule has 0 heterocycles. The Kier molecular flexibility index (Phi) is 7.26. The molecule has 0 radical (unpaired) electrons. The van der Waals surface area contributed by atoms with E-state index < -0.39 is 0 Å². The van der Waals surface area contributed by atoms with Crippen LogP contribution in [0.2, 0.25) is 0 Å². The first-order valence-corrected chi connectivity index (χ1v) is 9.34. The molecule has 2 rings (SSSR count). The van der Waals surface area contributed by atoms with E-state index in [4.69, 9.17) is 4.74 Å². The molecule has 4 heteroatoms. The van der Waals surface area contributed by atoms with Gasteiger partial charge in [-0.25, -0.2) is 0 Å². The molecular formula is C18H28NO2S+. The smallest absolute Gasteiger partial charge is 0.311 e. The van der Waals surface area contributed by atoms with E-state index in [1.54, 1.807) is 0 Å². The molecule has 1 aromatic rings. The summed E-state index contributed by atoms with van der Waals surface area (Å²) in [6.45, 7) is 0.841. The van der Waals surface area contributed by atoms with E-state index in [9.17, 15) is 4.79 Å². The highest BCUT2D eigenvalue weighted by Gasteiger charge is 2.28. The Morgan fingerprint density at radius 1 is 1.23 bits per heavy atom. The van der Waals surface area contributed by atoms with Crippen LogP contribution in [-0.4, -0.2) is 38.0 Å². The summed E-state index contributed by atoms with van der Waals surface area (Å²) in [6.07, 6.45) is 5.24. The summed E-state index contributed by atoms with van der Waals surface area (Å²) in [7, 11) is 4.12. The van der Waals surface area contributed by atoms with Gasteiger partial charge in [0.1, 0.15) is 6.10 Å². The second kappa shape index (κ2) is 9.21. The summed E-state index contributed by atoms with van der Waals surface area (Å²) < 4.78 is 5.77. The molecule has 0 saturated heterocycles. The Morgan fingerprint density at radius 3 is 2.68 bits per heavy atom. The molecule has 1 aliphatic rings. The zero-order valence-electron chi connectivity index (χ0n) is 13.7. The molecule has 22 heavy (non-hydrogen) atoms. The van der Waals surface area contributed by atoms with Gasteiger partial charge >= 0.3 is 5.97 Å². The highest BCUT2D eigenvalue weighted by atomic mass is 32.2. The van der Waals surface area contributed by atoms with Crippen molar-refractivity contribution in [1.29, 1.82) is 0 Å². The van der Waals surface area contributed by atoms with Crippen molar-refractivity contribution in [3.8, 4) is 0 Å². The van der Waals surface area contributed by atoms with Gasteiger partial charge in [0, 0.05) is 11.0 Å². The fourth-order valence-electron chi connectivity index (χ4n) is 2.75. The standard InChI is InChI=1S/C18H27NO2S/c1-19(2)13-12-18(20)21-16-10-6-7-11-17(16)22-14-15-8-4-3-5-9-15/h3-5,8-9,16-17H,6-7,10-14H2,1-2H3/p+1/t16-,17-/m0/s1. The number of hydrogen-bond donors (Lipinski definition) is 1. The van der Waals surface area contributed by atoms with Crippen LogP contribution in [0.3, 0.4) is 0 Å². The molecule has 122 valence electrons. The lowest BCUT2D eigenvalue weighted by Gasteiger charge is -2.30. The molecule has 0 unspecified atom stereocenters. The highest BCUT2D eigenvalue weighted by molar-refractivity contribution is 7.99. The molecule has 0 bridgehead atoms. The Balaban J connectivity index is 1.81. The van der Waals surface area contributed by atoms with Crippen LogP contribution in [0, 0.1) is 0 Å². The molecule has 1 fully saturated rings. The van der Waals surface area contributed by atoms with Crippen molar-refractivity contribution in [2.45, 2.75) is 49.2 Å². The maximum atomic E-state index is 12.0. The number of ether oxygens (including phenoxy) is 1. The fraction of sp³-hybridized carbons (Fsp3) is 0.611. The number of esters is 1. The van der Waals surface area contributed by atoms with Crippen molar-refractivity contribution in [2.75, 3.05) is 20.6 Å². The van der Waals surface area contributed by atoms with E-state index >= 15 is 0 Å². The van der Waals surface area contributed by atoms with E-state index in [-0.39, 0.29) is 12.1 Å². The maximum absolute atomic E-state index is 12.0. The minimum absolute atomic E-state index is 0.0292. The molecule has 1 aromatic carbocycles. The van der Waals surface area contributed by atoms with Crippen LogP contribution in [0.15, 0.2) is 30.3 Å². The highest BCUT2D eigenvalue weighted by Crippen LogP contribution is 2.32. The minimum atomic E-state index is -0.0292. The number of rotatable bonds is 7. The van der Waals surface area contributed by atoms with Crippen molar-refractivity contribution < 1.29 is 14.4 Å². The first kappa shape index (κ1) is 17.4. The number of carbonyl (C=O) groups is 1. The third-order valence-corrected chi connectivity index (χ3v) is 5.53. The van der Waals surface area contributed by atoms with Gasteiger partial charge in [-0.1, -0.05) is 36.8 Å². The van der Waals surface area contributed by atoms with Gasteiger partial charge in [-0.3, -0.25) is 4.79 Å². The van der Waals surface area contributed by atoms with Crippen molar-refractivity contribution >= 4 is 17.7 Å². The fourth-order valence-corrected chi connectivity index (χ4v) is 4.08. The quantitative estimate of drug-likeness (QED) is 0.782. The second-order valence-corrected chi connectivity index (χ2v) is 7.58. The topological polar surface area (TPSA) is 30.7 Å². The lowest BCUT2D eigenvalue weighted by Crippen LogP contribution is -3.05. The van der Waals surface area contributed by atoms with E-state index in [0.717, 1.165) is 25.1 Å². The largest absolute Gasteiger partial charge is 0.461 e. The van der Waals surface area contributed by atoms with E-state index in [0.29, 0.717) is 11.7 Å². The van der Waals surface area contributed by atoms with Crippen molar-refractivity contribution in [3.63, 3.8) is 0 Å². The SMILES string of the molecule is C[NH+](C)CCC(=O)O[C@H]1CCCC[C@@H]1SCc1ccccc1. The van der Waals surface area contributed by atoms with Crippen molar-refractivity contribution in [2.24, 2.45) is 0 Å². The third-order valence-electron chi connectivity index (χ3n) is 4.06. The van der Waals surface area contributed by atoms with Gasteiger partial charge in [-0.2, -0.15) is 0 Å². The van der Waals surface area contributed by atoms with Gasteiger partial charge in [0.2, 0.25) is 0 Å². The van der Waals surface area contributed by atoms with Crippen LogP contribution >= 0.6 is 11.8 Å². The second-order valence-electron chi connectivity index (χ2n) is 6.35. The number of carbonyl (C=O) groups excluding carboxylic acids is 1. The monoisotopic (exact) mass is 322 g/mol. The van der Waals surface area contributed by atoms with Crippen LogP contribution < -0.4 is 4.90 Å². The Morgan fingerprint density at radius 2 is 1.95 bits per heavy atom. The van der Waals surface area contributed by atoms with Gasteiger partial charge in [-0.15, -0.1) is 11.8 Å². The summed E-state index contributed by atoms with van der Waals surface area (Å²) >= 11 is 1.94. The molecule has 0 aliphatic heterocycles. The number of hydrogen-bond acceptors (Lipinski definition) is 3. The first-order chi connectivity index (χ1) is 10.6. The number of quaternary nitrogens is 1. The normalized spacial score (nSPS) is 21.8. The lowest BCUT2D eigenvalue weighted by atomic mass is 9.97. The van der Waals surface area contributed by atoms with Crippen LogP contribution in [0.5, 0.6) is 0 Å². The first-order valence-electron chi connectivity index (χ1n) is 8.29.